The molecule has 2 aromatic rings. The Labute approximate surface area is 125 Å². The molecule has 0 amide bonds. The first-order chi connectivity index (χ1) is 9.29. The van der Waals surface area contributed by atoms with Crippen molar-refractivity contribution in [2.75, 3.05) is 24.0 Å². The molecule has 1 aliphatic rings. The van der Waals surface area contributed by atoms with Crippen LogP contribution < -0.4 is 5.01 Å². The first-order valence-electron chi connectivity index (χ1n) is 6.63. The maximum absolute atomic E-state index is 5.90. The van der Waals surface area contributed by atoms with Gasteiger partial charge in [-0.25, -0.2) is 14.6 Å². The SMILES string of the molecule is ClCCc1nc2cc(Br)cnc2n1N1CCCCC1. The summed E-state index contributed by atoms with van der Waals surface area (Å²) in [5.74, 6) is 1.59. The van der Waals surface area contributed by atoms with Gasteiger partial charge < -0.3 is 5.01 Å². The highest BCUT2D eigenvalue weighted by Gasteiger charge is 2.19. The highest BCUT2D eigenvalue weighted by molar-refractivity contribution is 9.10. The van der Waals surface area contributed by atoms with Crippen molar-refractivity contribution in [3.63, 3.8) is 0 Å². The van der Waals surface area contributed by atoms with Crippen LogP contribution in [0.25, 0.3) is 11.2 Å². The lowest BCUT2D eigenvalue weighted by Crippen LogP contribution is -2.40. The molecule has 1 aliphatic heterocycles. The molecule has 1 saturated heterocycles. The van der Waals surface area contributed by atoms with Crippen molar-refractivity contribution in [1.82, 2.24) is 14.6 Å². The molecule has 4 nitrogen and oxygen atoms in total. The van der Waals surface area contributed by atoms with Gasteiger partial charge in [0.1, 0.15) is 11.3 Å². The van der Waals surface area contributed by atoms with E-state index in [4.69, 9.17) is 11.6 Å². The molecule has 0 unspecified atom stereocenters. The van der Waals surface area contributed by atoms with E-state index < -0.39 is 0 Å². The molecule has 102 valence electrons. The number of halogens is 2. The summed E-state index contributed by atoms with van der Waals surface area (Å²) in [5.41, 5.74) is 1.87. The van der Waals surface area contributed by atoms with Gasteiger partial charge in [0.15, 0.2) is 5.65 Å². The van der Waals surface area contributed by atoms with E-state index in [9.17, 15) is 0 Å². The number of alkyl halides is 1. The highest BCUT2D eigenvalue weighted by atomic mass is 79.9. The van der Waals surface area contributed by atoms with Gasteiger partial charge in [0.25, 0.3) is 0 Å². The Balaban J connectivity index is 2.09. The molecule has 0 radical (unpaired) electrons. The van der Waals surface area contributed by atoms with Crippen molar-refractivity contribution in [1.29, 1.82) is 0 Å². The number of piperidine rings is 1. The molecule has 19 heavy (non-hydrogen) atoms. The summed E-state index contributed by atoms with van der Waals surface area (Å²) in [4.78, 5) is 9.21. The zero-order valence-electron chi connectivity index (χ0n) is 10.6. The molecule has 3 rings (SSSR count). The van der Waals surface area contributed by atoms with Crippen LogP contribution in [-0.4, -0.2) is 33.6 Å². The lowest BCUT2D eigenvalue weighted by atomic mass is 10.2. The lowest BCUT2D eigenvalue weighted by molar-refractivity contribution is 0.474. The monoisotopic (exact) mass is 342 g/mol. The van der Waals surface area contributed by atoms with Crippen LogP contribution in [0.4, 0.5) is 0 Å². The number of pyridine rings is 1. The Kier molecular flexibility index (Phi) is 3.93. The predicted molar refractivity (Wildman–Crippen MR) is 81.5 cm³/mol. The Morgan fingerprint density at radius 3 is 2.79 bits per heavy atom. The van der Waals surface area contributed by atoms with Crippen LogP contribution in [0, 0.1) is 0 Å². The molecule has 3 heterocycles. The van der Waals surface area contributed by atoms with Crippen molar-refractivity contribution in [2.24, 2.45) is 0 Å². The maximum Gasteiger partial charge on any atom is 0.179 e. The Bertz CT molecular complexity index is 577. The molecule has 0 atom stereocenters. The molecule has 0 aromatic carbocycles. The van der Waals surface area contributed by atoms with Gasteiger partial charge in [0.2, 0.25) is 0 Å². The van der Waals surface area contributed by atoms with Gasteiger partial charge in [-0.15, -0.1) is 11.6 Å². The molecule has 0 N–H and O–H groups in total. The van der Waals surface area contributed by atoms with Gasteiger partial charge in [0.05, 0.1) is 0 Å². The number of aryl methyl sites for hydroxylation is 1. The van der Waals surface area contributed by atoms with Crippen LogP contribution in [-0.2, 0) is 6.42 Å². The number of hydrogen-bond acceptors (Lipinski definition) is 3. The summed E-state index contributed by atoms with van der Waals surface area (Å²) >= 11 is 9.35. The van der Waals surface area contributed by atoms with Gasteiger partial charge in [-0.1, -0.05) is 0 Å². The van der Waals surface area contributed by atoms with Gasteiger partial charge in [0, 0.05) is 36.1 Å². The minimum Gasteiger partial charge on any atom is -0.310 e. The number of nitrogens with zero attached hydrogens (tertiary/aromatic N) is 4. The van der Waals surface area contributed by atoms with E-state index in [2.05, 4.69) is 35.6 Å². The van der Waals surface area contributed by atoms with Crippen LogP contribution in [0.15, 0.2) is 16.7 Å². The third-order valence-electron chi connectivity index (χ3n) is 3.44. The second-order valence-electron chi connectivity index (χ2n) is 4.79. The summed E-state index contributed by atoms with van der Waals surface area (Å²) in [7, 11) is 0. The van der Waals surface area contributed by atoms with E-state index in [0.717, 1.165) is 41.0 Å². The predicted octanol–water partition coefficient (Wildman–Crippen LogP) is 3.10. The van der Waals surface area contributed by atoms with Crippen LogP contribution in [0.2, 0.25) is 0 Å². The third kappa shape index (κ3) is 2.58. The lowest BCUT2D eigenvalue weighted by Gasteiger charge is -2.30. The summed E-state index contributed by atoms with van der Waals surface area (Å²) < 4.78 is 3.13. The van der Waals surface area contributed by atoms with E-state index >= 15 is 0 Å². The Hall–Kier alpha value is -0.810. The molecule has 0 bridgehead atoms. The normalized spacial score (nSPS) is 16.2. The second-order valence-corrected chi connectivity index (χ2v) is 6.08. The summed E-state index contributed by atoms with van der Waals surface area (Å²) in [6.45, 7) is 2.14. The number of rotatable bonds is 3. The largest absolute Gasteiger partial charge is 0.310 e. The van der Waals surface area contributed by atoms with Crippen LogP contribution in [0.1, 0.15) is 25.1 Å². The zero-order chi connectivity index (χ0) is 13.2. The molecule has 0 spiro atoms. The molecule has 1 fully saturated rings. The Morgan fingerprint density at radius 2 is 2.05 bits per heavy atom. The second kappa shape index (κ2) is 5.67. The first kappa shape index (κ1) is 13.2. The average Bonchev–Trinajstić information content (AvgIpc) is 2.77. The maximum atomic E-state index is 5.90. The van der Waals surface area contributed by atoms with E-state index in [-0.39, 0.29) is 0 Å². The van der Waals surface area contributed by atoms with Crippen molar-refractivity contribution < 1.29 is 0 Å². The number of hydrogen-bond donors (Lipinski definition) is 0. The highest BCUT2D eigenvalue weighted by Crippen LogP contribution is 2.21. The standard InChI is InChI=1S/C13H16BrClN4/c14-10-8-11-13(16-9-10)19(12(17-11)4-5-15)18-6-2-1-3-7-18/h8-9H,1-7H2. The first-order valence-corrected chi connectivity index (χ1v) is 7.96. The smallest absolute Gasteiger partial charge is 0.179 e. The minimum atomic E-state index is 0.582. The fourth-order valence-corrected chi connectivity index (χ4v) is 3.08. The van der Waals surface area contributed by atoms with E-state index in [1.54, 1.807) is 0 Å². The van der Waals surface area contributed by atoms with Crippen molar-refractivity contribution in [2.45, 2.75) is 25.7 Å². The average molecular weight is 344 g/mol. The molecular weight excluding hydrogens is 328 g/mol. The molecule has 2 aromatic heterocycles. The van der Waals surface area contributed by atoms with Crippen LogP contribution >= 0.6 is 27.5 Å². The van der Waals surface area contributed by atoms with Gasteiger partial charge in [-0.2, -0.15) is 0 Å². The Morgan fingerprint density at radius 1 is 1.26 bits per heavy atom. The molecule has 0 aliphatic carbocycles. The van der Waals surface area contributed by atoms with Crippen molar-refractivity contribution in [3.8, 4) is 0 Å². The summed E-state index contributed by atoms with van der Waals surface area (Å²) in [6, 6.07) is 2.01. The van der Waals surface area contributed by atoms with E-state index in [0.29, 0.717) is 5.88 Å². The number of fused-ring (bicyclic) bond motifs is 1. The molecular formula is C13H16BrClN4. The van der Waals surface area contributed by atoms with Crippen LogP contribution in [0.3, 0.4) is 0 Å². The number of aromatic nitrogens is 3. The summed E-state index contributed by atoms with van der Waals surface area (Å²) in [6.07, 6.45) is 6.38. The molecule has 6 heteroatoms. The topological polar surface area (TPSA) is 34.0 Å². The van der Waals surface area contributed by atoms with E-state index in [1.807, 2.05) is 12.3 Å². The third-order valence-corrected chi connectivity index (χ3v) is 4.06. The molecule has 0 saturated carbocycles. The van der Waals surface area contributed by atoms with Gasteiger partial charge >= 0.3 is 0 Å². The van der Waals surface area contributed by atoms with Crippen LogP contribution in [0.5, 0.6) is 0 Å². The number of imidazole rings is 1. The minimum absolute atomic E-state index is 0.582. The van der Waals surface area contributed by atoms with Gasteiger partial charge in [-0.05, 0) is 41.3 Å². The quantitative estimate of drug-likeness (QED) is 0.803. The van der Waals surface area contributed by atoms with Crippen molar-refractivity contribution in [3.05, 3.63) is 22.6 Å². The van der Waals surface area contributed by atoms with Gasteiger partial charge in [-0.3, -0.25) is 0 Å². The van der Waals surface area contributed by atoms with E-state index in [1.165, 1.54) is 19.3 Å². The fraction of sp³-hybridized carbons (Fsp3) is 0.538. The zero-order valence-corrected chi connectivity index (χ0v) is 13.0. The van der Waals surface area contributed by atoms with Crippen molar-refractivity contribution >= 4 is 38.7 Å². The fourth-order valence-electron chi connectivity index (χ4n) is 2.60. The summed E-state index contributed by atoms with van der Waals surface area (Å²) in [5, 5.41) is 2.35.